The van der Waals surface area contributed by atoms with E-state index in [1.54, 1.807) is 0 Å². The Hall–Kier alpha value is -1.88. The molecule has 98 valence electrons. The Morgan fingerprint density at radius 1 is 1.11 bits per heavy atom. The lowest BCUT2D eigenvalue weighted by atomic mass is 10.0. The molecule has 0 spiro atoms. The standard InChI is InChI=1S/C13H17NO4/c1-17-12(15)8-10-5-3-9(4-6-10)7-11(14)13(16)18-2/h3-6,11H,7-8,14H2,1-2H3/t11-/m0/s1. The second kappa shape index (κ2) is 6.76. The first-order chi connectivity index (χ1) is 8.56. The van der Waals surface area contributed by atoms with Crippen LogP contribution in [0.25, 0.3) is 0 Å². The molecule has 5 heteroatoms. The van der Waals surface area contributed by atoms with Crippen LogP contribution in [0.4, 0.5) is 0 Å². The highest BCUT2D eigenvalue weighted by atomic mass is 16.5. The Morgan fingerprint density at radius 2 is 1.67 bits per heavy atom. The Bertz CT molecular complexity index is 414. The summed E-state index contributed by atoms with van der Waals surface area (Å²) in [6.07, 6.45) is 0.644. The van der Waals surface area contributed by atoms with Gasteiger partial charge in [0, 0.05) is 0 Å². The van der Waals surface area contributed by atoms with Gasteiger partial charge in [0.2, 0.25) is 0 Å². The van der Waals surface area contributed by atoms with Crippen LogP contribution in [0.1, 0.15) is 11.1 Å². The lowest BCUT2D eigenvalue weighted by Gasteiger charge is -2.09. The van der Waals surface area contributed by atoms with Gasteiger partial charge in [-0.25, -0.2) is 0 Å². The second-order valence-corrected chi connectivity index (χ2v) is 3.90. The number of hydrogen-bond acceptors (Lipinski definition) is 5. The maximum Gasteiger partial charge on any atom is 0.322 e. The average molecular weight is 251 g/mol. The van der Waals surface area contributed by atoms with Crippen LogP contribution in [0, 0.1) is 0 Å². The summed E-state index contributed by atoms with van der Waals surface area (Å²) in [5.41, 5.74) is 7.43. The van der Waals surface area contributed by atoms with Crippen molar-refractivity contribution in [3.8, 4) is 0 Å². The molecule has 18 heavy (non-hydrogen) atoms. The summed E-state index contributed by atoms with van der Waals surface area (Å²) in [4.78, 5) is 22.2. The van der Waals surface area contributed by atoms with Crippen LogP contribution in [0.5, 0.6) is 0 Å². The molecule has 1 rings (SSSR count). The van der Waals surface area contributed by atoms with Crippen molar-refractivity contribution in [3.05, 3.63) is 35.4 Å². The molecule has 1 aromatic carbocycles. The maximum absolute atomic E-state index is 11.2. The van der Waals surface area contributed by atoms with Crippen LogP contribution in [0.2, 0.25) is 0 Å². The number of methoxy groups -OCH3 is 2. The normalized spacial score (nSPS) is 11.7. The summed E-state index contributed by atoms with van der Waals surface area (Å²) < 4.78 is 9.12. The van der Waals surface area contributed by atoms with Gasteiger partial charge < -0.3 is 15.2 Å². The predicted octanol–water partition coefficient (Wildman–Crippen LogP) is 0.445. The van der Waals surface area contributed by atoms with Gasteiger partial charge >= 0.3 is 11.9 Å². The van der Waals surface area contributed by atoms with E-state index >= 15 is 0 Å². The minimum absolute atomic E-state index is 0.236. The van der Waals surface area contributed by atoms with Gasteiger partial charge in [-0.2, -0.15) is 0 Å². The third-order valence-corrected chi connectivity index (χ3v) is 2.56. The number of carbonyl (C=O) groups is 2. The molecule has 1 aromatic rings. The molecule has 0 aliphatic carbocycles. The van der Waals surface area contributed by atoms with E-state index in [4.69, 9.17) is 5.73 Å². The van der Waals surface area contributed by atoms with Crippen LogP contribution in [0.3, 0.4) is 0 Å². The largest absolute Gasteiger partial charge is 0.469 e. The molecule has 0 aliphatic rings. The van der Waals surface area contributed by atoms with Crippen molar-refractivity contribution < 1.29 is 19.1 Å². The van der Waals surface area contributed by atoms with Crippen molar-refractivity contribution in [2.24, 2.45) is 5.73 Å². The zero-order valence-electron chi connectivity index (χ0n) is 10.5. The summed E-state index contributed by atoms with van der Waals surface area (Å²) in [6, 6.07) is 6.63. The molecule has 0 fully saturated rings. The number of benzene rings is 1. The molecule has 1 atom stereocenters. The van der Waals surface area contributed by atoms with Crippen molar-refractivity contribution in [2.45, 2.75) is 18.9 Å². The summed E-state index contributed by atoms with van der Waals surface area (Å²) >= 11 is 0. The van der Waals surface area contributed by atoms with E-state index in [-0.39, 0.29) is 12.4 Å². The summed E-state index contributed by atoms with van der Waals surface area (Å²) in [5, 5.41) is 0. The first-order valence-corrected chi connectivity index (χ1v) is 5.55. The fourth-order valence-corrected chi connectivity index (χ4v) is 1.52. The molecule has 0 aromatic heterocycles. The van der Waals surface area contributed by atoms with Crippen molar-refractivity contribution in [2.75, 3.05) is 14.2 Å². The van der Waals surface area contributed by atoms with Crippen molar-refractivity contribution in [3.63, 3.8) is 0 Å². The van der Waals surface area contributed by atoms with E-state index in [1.807, 2.05) is 24.3 Å². The quantitative estimate of drug-likeness (QED) is 0.768. The van der Waals surface area contributed by atoms with Crippen LogP contribution < -0.4 is 5.73 Å². The minimum atomic E-state index is -0.665. The Balaban J connectivity index is 2.60. The molecule has 0 heterocycles. The van der Waals surface area contributed by atoms with Crippen LogP contribution in [0.15, 0.2) is 24.3 Å². The highest BCUT2D eigenvalue weighted by Crippen LogP contribution is 2.08. The lowest BCUT2D eigenvalue weighted by molar-refractivity contribution is -0.142. The van der Waals surface area contributed by atoms with Gasteiger partial charge in [-0.05, 0) is 17.5 Å². The van der Waals surface area contributed by atoms with Gasteiger partial charge in [-0.1, -0.05) is 24.3 Å². The molecular weight excluding hydrogens is 234 g/mol. The molecule has 0 bridgehead atoms. The van der Waals surface area contributed by atoms with Crippen molar-refractivity contribution in [1.29, 1.82) is 0 Å². The zero-order chi connectivity index (χ0) is 13.5. The van der Waals surface area contributed by atoms with E-state index in [1.165, 1.54) is 14.2 Å². The lowest BCUT2D eigenvalue weighted by Crippen LogP contribution is -2.33. The Labute approximate surface area is 106 Å². The highest BCUT2D eigenvalue weighted by molar-refractivity contribution is 5.75. The Kier molecular flexibility index (Phi) is 5.32. The van der Waals surface area contributed by atoms with E-state index in [0.29, 0.717) is 6.42 Å². The van der Waals surface area contributed by atoms with E-state index in [9.17, 15) is 9.59 Å². The topological polar surface area (TPSA) is 78.6 Å². The first kappa shape index (κ1) is 14.2. The molecule has 0 unspecified atom stereocenters. The SMILES string of the molecule is COC(=O)Cc1ccc(C[C@H](N)C(=O)OC)cc1. The molecule has 0 saturated carbocycles. The number of carbonyl (C=O) groups excluding carboxylic acids is 2. The Morgan fingerprint density at radius 3 is 2.17 bits per heavy atom. The number of hydrogen-bond donors (Lipinski definition) is 1. The predicted molar refractivity (Wildman–Crippen MR) is 65.9 cm³/mol. The minimum Gasteiger partial charge on any atom is -0.469 e. The van der Waals surface area contributed by atoms with E-state index in [0.717, 1.165) is 11.1 Å². The van der Waals surface area contributed by atoms with Crippen LogP contribution >= 0.6 is 0 Å². The van der Waals surface area contributed by atoms with Crippen LogP contribution in [-0.4, -0.2) is 32.2 Å². The fourth-order valence-electron chi connectivity index (χ4n) is 1.52. The number of rotatable bonds is 5. The molecule has 2 N–H and O–H groups in total. The van der Waals surface area contributed by atoms with E-state index < -0.39 is 12.0 Å². The monoisotopic (exact) mass is 251 g/mol. The summed E-state index contributed by atoms with van der Waals surface area (Å²) in [7, 11) is 2.66. The van der Waals surface area contributed by atoms with E-state index in [2.05, 4.69) is 9.47 Å². The third-order valence-electron chi connectivity index (χ3n) is 2.56. The number of nitrogens with two attached hydrogens (primary N) is 1. The van der Waals surface area contributed by atoms with Gasteiger partial charge in [-0.15, -0.1) is 0 Å². The van der Waals surface area contributed by atoms with Crippen LogP contribution in [-0.2, 0) is 31.9 Å². The van der Waals surface area contributed by atoms with Gasteiger partial charge in [0.1, 0.15) is 6.04 Å². The number of ether oxygens (including phenoxy) is 2. The van der Waals surface area contributed by atoms with Gasteiger partial charge in [0.25, 0.3) is 0 Å². The molecular formula is C13H17NO4. The highest BCUT2D eigenvalue weighted by Gasteiger charge is 2.14. The maximum atomic E-state index is 11.2. The smallest absolute Gasteiger partial charge is 0.322 e. The summed E-state index contributed by atoms with van der Waals surface area (Å²) in [5.74, 6) is -0.720. The molecule has 0 radical (unpaired) electrons. The zero-order valence-corrected chi connectivity index (χ0v) is 10.5. The molecule has 5 nitrogen and oxygen atoms in total. The third kappa shape index (κ3) is 4.18. The molecule has 0 aliphatic heterocycles. The van der Waals surface area contributed by atoms with Gasteiger partial charge in [-0.3, -0.25) is 9.59 Å². The van der Waals surface area contributed by atoms with Gasteiger partial charge in [0.05, 0.1) is 20.6 Å². The molecule has 0 amide bonds. The van der Waals surface area contributed by atoms with Gasteiger partial charge in [0.15, 0.2) is 0 Å². The first-order valence-electron chi connectivity index (χ1n) is 5.55. The van der Waals surface area contributed by atoms with Crippen molar-refractivity contribution >= 4 is 11.9 Å². The molecule has 0 saturated heterocycles. The van der Waals surface area contributed by atoms with Crippen molar-refractivity contribution in [1.82, 2.24) is 0 Å². The average Bonchev–Trinajstić information content (AvgIpc) is 2.39. The fraction of sp³-hybridized carbons (Fsp3) is 0.385. The second-order valence-electron chi connectivity index (χ2n) is 3.90. The number of esters is 2. The summed E-state index contributed by atoms with van der Waals surface area (Å²) in [6.45, 7) is 0.